The molecule has 79 heavy (non-hydrogen) atoms. The van der Waals surface area contributed by atoms with Crippen molar-refractivity contribution in [3.05, 3.63) is 62.2 Å². The molecule has 12 heteroatoms. The van der Waals surface area contributed by atoms with E-state index < -0.39 is 0 Å². The number of piperidine rings is 1. The van der Waals surface area contributed by atoms with Crippen molar-refractivity contribution in [3.8, 4) is 0 Å². The van der Waals surface area contributed by atoms with Crippen LogP contribution in [0.5, 0.6) is 0 Å². The van der Waals surface area contributed by atoms with Gasteiger partial charge in [0.15, 0.2) is 34.7 Å². The molecule has 12 nitrogen and oxygen atoms in total. The minimum absolute atomic E-state index is 0.227. The lowest BCUT2D eigenvalue weighted by Crippen LogP contribution is -2.63. The largest absolute Gasteiger partial charge is 0.474 e. The Morgan fingerprint density at radius 1 is 0.430 bits per heavy atom. The van der Waals surface area contributed by atoms with Gasteiger partial charge in [0.2, 0.25) is 6.17 Å². The first-order chi connectivity index (χ1) is 35.8. The lowest BCUT2D eigenvalue weighted by molar-refractivity contribution is -0.949. The van der Waals surface area contributed by atoms with E-state index >= 15 is 0 Å². The zero-order valence-electron chi connectivity index (χ0n) is 59.9. The molecule has 7 heterocycles. The number of aromatic nitrogens is 1. The number of rotatable bonds is 0. The third-order valence-corrected chi connectivity index (χ3v) is 24.2. The van der Waals surface area contributed by atoms with Crippen molar-refractivity contribution >= 4 is 11.4 Å². The number of allylic oxidation sites excluding steroid dienone is 6. The summed E-state index contributed by atoms with van der Waals surface area (Å²) in [5.74, 6) is 5.36. The van der Waals surface area contributed by atoms with Gasteiger partial charge in [0.05, 0.1) is 76.1 Å². The molecule has 3 saturated heterocycles. The van der Waals surface area contributed by atoms with Crippen LogP contribution in [0.15, 0.2) is 34.1 Å². The molecule has 0 bridgehead atoms. The van der Waals surface area contributed by atoms with Gasteiger partial charge in [-0.2, -0.15) is 0 Å². The number of ether oxygens (including phenoxy) is 1. The summed E-state index contributed by atoms with van der Waals surface area (Å²) in [6.07, 6.45) is 1.76. The monoisotopic (exact) mass is 1110 g/mol. The number of quaternary nitrogens is 2. The van der Waals surface area contributed by atoms with Crippen molar-refractivity contribution in [2.75, 3.05) is 84.6 Å². The Balaban J connectivity index is 0.000000462. The average Bonchev–Trinajstić information content (AvgIpc) is 3.80. The molecule has 0 radical (unpaired) electrons. The summed E-state index contributed by atoms with van der Waals surface area (Å²) >= 11 is 0. The van der Waals surface area contributed by atoms with E-state index in [2.05, 4.69) is 301 Å². The minimum Gasteiger partial charge on any atom is -0.474 e. The molecule has 0 saturated carbocycles. The number of nitrogens with zero attached hydrogens (tertiary/aromatic N) is 11. The normalized spacial score (nSPS) is 32.6. The Morgan fingerprint density at radius 3 is 1.06 bits per heavy atom. The third-order valence-electron chi connectivity index (χ3n) is 24.2. The maximum absolute atomic E-state index is 5.39. The Labute approximate surface area is 491 Å². The number of hydrogen-bond donors (Lipinski definition) is 0. The highest BCUT2D eigenvalue weighted by Crippen LogP contribution is 2.40. The molecule has 1 aromatic rings. The van der Waals surface area contributed by atoms with Gasteiger partial charge >= 0.3 is 0 Å². The van der Waals surface area contributed by atoms with E-state index in [1.165, 1.54) is 76.8 Å². The second-order valence-corrected chi connectivity index (χ2v) is 27.0. The molecule has 0 spiro atoms. The standard InChI is InChI=1S/C12H26N.C11H18N.2C10H19N2.C10H22N.C7H17N3.C7H13NO/c1-8-9(2)11(4)13(6,7)12(5)10(8)3;1-7-8(2)10(4)12(6)11(5)9(7)3;1-7-8(2)12(6)10(4)9(3)11(7)5;1-7-8(2)11(5)10(4)12(6)9(7)3;1-7-8(2)10(4)11(5,6)9(7)3;1-6-8(3)7(2)10(5)9(6)4;1-5-6(2)9-7(3)8(5)4/h8-12H,1-7H3;1-6H3;7H,1-6H3;10H,1-6H3;7-10H,1-6H3;6-7H,1-5H3;7H,1-4H3/q5*+1;;. The number of likely N-dealkylation sites (tertiary alicyclic amines) is 2. The van der Waals surface area contributed by atoms with Crippen LogP contribution < -0.4 is 4.57 Å². The summed E-state index contributed by atoms with van der Waals surface area (Å²) in [6, 6.07) is 3.75. The topological polar surface area (TPSA) is 38.6 Å². The van der Waals surface area contributed by atoms with Crippen LogP contribution in [-0.2, 0) is 11.8 Å². The Kier molecular flexibility index (Phi) is 27.3. The van der Waals surface area contributed by atoms with Crippen molar-refractivity contribution in [1.29, 1.82) is 0 Å². The first-order valence-electron chi connectivity index (χ1n) is 30.5. The predicted molar refractivity (Wildman–Crippen MR) is 343 cm³/mol. The van der Waals surface area contributed by atoms with E-state index in [0.717, 1.165) is 59.5 Å². The van der Waals surface area contributed by atoms with Crippen molar-refractivity contribution in [3.63, 3.8) is 0 Å². The van der Waals surface area contributed by atoms with Gasteiger partial charge in [-0.25, -0.2) is 23.7 Å². The van der Waals surface area contributed by atoms with Crippen LogP contribution in [0.25, 0.3) is 0 Å². The molecule has 0 aliphatic carbocycles. The molecule has 1 aromatic heterocycles. The fourth-order valence-electron chi connectivity index (χ4n) is 12.5. The first kappa shape index (κ1) is 73.7. The molecule has 0 N–H and O–H groups in total. The average molecular weight is 1110 g/mol. The zero-order valence-corrected chi connectivity index (χ0v) is 59.9. The van der Waals surface area contributed by atoms with Crippen molar-refractivity contribution in [2.45, 2.75) is 242 Å². The van der Waals surface area contributed by atoms with Crippen LogP contribution in [0.2, 0.25) is 0 Å². The van der Waals surface area contributed by atoms with Crippen LogP contribution in [0.3, 0.4) is 0 Å². The summed E-state index contributed by atoms with van der Waals surface area (Å²) in [5.41, 5.74) is 16.6. The van der Waals surface area contributed by atoms with Gasteiger partial charge in [0.25, 0.3) is 0 Å². The second kappa shape index (κ2) is 29.3. The quantitative estimate of drug-likeness (QED) is 0.189. The Bertz CT molecular complexity index is 2060. The Hall–Kier alpha value is -3.29. The highest BCUT2D eigenvalue weighted by molar-refractivity contribution is 5.94. The summed E-state index contributed by atoms with van der Waals surface area (Å²) in [5, 5.41) is 4.48. The van der Waals surface area contributed by atoms with E-state index in [1.54, 1.807) is 0 Å². The van der Waals surface area contributed by atoms with Crippen molar-refractivity contribution in [2.24, 2.45) is 36.6 Å². The van der Waals surface area contributed by atoms with Gasteiger partial charge in [-0.05, 0) is 129 Å². The van der Waals surface area contributed by atoms with E-state index in [-0.39, 0.29) is 6.23 Å². The first-order valence-corrected chi connectivity index (χ1v) is 30.5. The van der Waals surface area contributed by atoms with Gasteiger partial charge in [0.1, 0.15) is 32.9 Å². The maximum Gasteiger partial charge on any atom is 0.225 e. The molecule has 458 valence electrons. The van der Waals surface area contributed by atoms with Crippen molar-refractivity contribution < 1.29 is 27.4 Å². The van der Waals surface area contributed by atoms with Crippen LogP contribution in [-0.4, -0.2) is 199 Å². The lowest BCUT2D eigenvalue weighted by atomic mass is 9.72. The maximum atomic E-state index is 5.39. The van der Waals surface area contributed by atoms with E-state index in [1.807, 2.05) is 20.9 Å². The summed E-state index contributed by atoms with van der Waals surface area (Å²) in [7, 11) is 28.6. The second-order valence-electron chi connectivity index (χ2n) is 27.0. The number of pyridine rings is 1. The van der Waals surface area contributed by atoms with Gasteiger partial charge in [-0.3, -0.25) is 4.90 Å². The van der Waals surface area contributed by atoms with Gasteiger partial charge in [-0.1, -0.05) is 34.6 Å². The van der Waals surface area contributed by atoms with Crippen LogP contribution >= 0.6 is 0 Å². The van der Waals surface area contributed by atoms with Crippen LogP contribution in [0.1, 0.15) is 180 Å². The van der Waals surface area contributed by atoms with Crippen LogP contribution in [0, 0.1) is 64.2 Å². The molecule has 0 aromatic carbocycles. The molecule has 7 rings (SSSR count). The lowest BCUT2D eigenvalue weighted by Gasteiger charge is -2.53. The molecule has 0 amide bonds. The number of hydrogen-bond acceptors (Lipinski definition) is 7. The summed E-state index contributed by atoms with van der Waals surface area (Å²) in [6.45, 7) is 60.6. The molecule has 6 aliphatic heterocycles. The fourth-order valence-corrected chi connectivity index (χ4v) is 12.5. The van der Waals surface area contributed by atoms with E-state index in [0.29, 0.717) is 24.5 Å². The number of hydrazine groups is 1. The molecular formula is C67H134N11O+5. The van der Waals surface area contributed by atoms with Gasteiger partial charge in [0, 0.05) is 123 Å². The highest BCUT2D eigenvalue weighted by Gasteiger charge is 2.48. The highest BCUT2D eigenvalue weighted by atomic mass is 16.5. The molecule has 13 atom stereocenters. The van der Waals surface area contributed by atoms with Crippen molar-refractivity contribution in [1.82, 2.24) is 29.6 Å². The summed E-state index contributed by atoms with van der Waals surface area (Å²) in [4.78, 5) is 9.09. The van der Waals surface area contributed by atoms with Gasteiger partial charge in [-0.15, -0.1) is 0 Å². The van der Waals surface area contributed by atoms with E-state index in [9.17, 15) is 0 Å². The third kappa shape index (κ3) is 16.1. The molecule has 6 aliphatic rings. The molecule has 13 unspecified atom stereocenters. The van der Waals surface area contributed by atoms with Gasteiger partial charge < -0.3 is 28.4 Å². The van der Waals surface area contributed by atoms with Crippen LogP contribution in [0.4, 0.5) is 0 Å². The SMILES string of the molecule is CC1=C(C)N(C)C(C)O1.CC1=C(C)N(C)C(C)[N+](C)=C1C.CC1=C(C)[N+](C)=C(C)C(C)N1C.CC1C(C)C(C)[N+](C)(C)C(C)C1C.CC1C(C)C(C)[N+](C)(C)C1C.CC1N(C)C(C)N(C)N1C.Cc1c(C)c(C)[n+](C)c(C)c1C. The minimum atomic E-state index is 0.227. The molecule has 3 fully saturated rings. The van der Waals surface area contributed by atoms with E-state index in [4.69, 9.17) is 4.74 Å². The fraction of sp³-hybridized carbons (Fsp3) is 0.806. The Morgan fingerprint density at radius 2 is 0.785 bits per heavy atom. The summed E-state index contributed by atoms with van der Waals surface area (Å²) < 4.78 is 14.6. The smallest absolute Gasteiger partial charge is 0.225 e. The zero-order chi connectivity index (χ0) is 62.5. The molecular weight excluding hydrogens is 975 g/mol. The predicted octanol–water partition coefficient (Wildman–Crippen LogP) is 12.2.